The molecule has 0 aromatic heterocycles. The molecule has 0 atom stereocenters. The van der Waals surface area contributed by atoms with E-state index in [1.54, 1.807) is 37.5 Å². The van der Waals surface area contributed by atoms with Crippen molar-refractivity contribution in [1.82, 2.24) is 0 Å². The smallest absolute Gasteiger partial charge is 0.233 e. The Bertz CT molecular complexity index is 302. The summed E-state index contributed by atoms with van der Waals surface area (Å²) in [6.07, 6.45) is 2.20. The highest BCUT2D eigenvalue weighted by Gasteiger charge is 2.02. The zero-order valence-electron chi connectivity index (χ0n) is 6.83. The largest absolute Gasteiger partial charge is 0.294 e. The molecule has 0 bridgehead atoms. The molecule has 2 nitrogen and oxygen atoms in total. The molecule has 1 aromatic rings. The van der Waals surface area contributed by atoms with Gasteiger partial charge < -0.3 is 0 Å². The fourth-order valence-corrected chi connectivity index (χ4v) is 0.960. The molecule has 0 aliphatic carbocycles. The van der Waals surface area contributed by atoms with Crippen LogP contribution in [-0.2, 0) is 4.79 Å². The van der Waals surface area contributed by atoms with E-state index < -0.39 is 0 Å². The Hall–Kier alpha value is -1.44. The summed E-state index contributed by atoms with van der Waals surface area (Å²) in [5.74, 6) is 0.0482. The second-order valence-corrected chi connectivity index (χ2v) is 2.46. The Labute approximate surface area is 71.2 Å². The van der Waals surface area contributed by atoms with Crippen LogP contribution in [0.3, 0.4) is 0 Å². The van der Waals surface area contributed by atoms with Crippen LogP contribution in [0.5, 0.6) is 0 Å². The third-order valence-electron chi connectivity index (χ3n) is 1.62. The van der Waals surface area contributed by atoms with Gasteiger partial charge in [-0.2, -0.15) is 0 Å². The summed E-state index contributed by atoms with van der Waals surface area (Å²) in [6, 6.07) is 6.56. The average Bonchev–Trinajstić information content (AvgIpc) is 2.17. The van der Waals surface area contributed by atoms with Crippen LogP contribution in [0.1, 0.15) is 29.3 Å². The van der Waals surface area contributed by atoms with Crippen molar-refractivity contribution in [2.45, 2.75) is 13.3 Å². The Morgan fingerprint density at radius 1 is 1.50 bits per heavy atom. The van der Waals surface area contributed by atoms with Gasteiger partial charge in [-0.05, 0) is 6.07 Å². The topological polar surface area (TPSA) is 34.1 Å². The minimum Gasteiger partial charge on any atom is -0.294 e. The number of benzene rings is 1. The fourth-order valence-electron chi connectivity index (χ4n) is 0.960. The van der Waals surface area contributed by atoms with Gasteiger partial charge in [0, 0.05) is 17.5 Å². The highest BCUT2D eigenvalue weighted by atomic mass is 16.1. The van der Waals surface area contributed by atoms with Gasteiger partial charge in [-0.1, -0.05) is 25.1 Å². The highest BCUT2D eigenvalue weighted by molar-refractivity contribution is 5.97. The Kier molecular flexibility index (Phi) is 2.75. The lowest BCUT2D eigenvalue weighted by atomic mass is 10.1. The summed E-state index contributed by atoms with van der Waals surface area (Å²) >= 11 is 0. The lowest BCUT2D eigenvalue weighted by Gasteiger charge is -1.96. The van der Waals surface area contributed by atoms with Gasteiger partial charge in [-0.15, -0.1) is 0 Å². The van der Waals surface area contributed by atoms with E-state index in [0.717, 1.165) is 0 Å². The first-order chi connectivity index (χ1) is 5.77. The van der Waals surface area contributed by atoms with E-state index in [0.29, 0.717) is 17.5 Å². The van der Waals surface area contributed by atoms with E-state index in [9.17, 15) is 9.59 Å². The van der Waals surface area contributed by atoms with Crippen molar-refractivity contribution in [1.29, 1.82) is 0 Å². The normalized spacial score (nSPS) is 9.42. The second kappa shape index (κ2) is 3.81. The first-order valence-electron chi connectivity index (χ1n) is 3.79. The SMILES string of the molecule is CCC(=O)c1cccc([C]=O)c1. The van der Waals surface area contributed by atoms with E-state index >= 15 is 0 Å². The maximum atomic E-state index is 11.2. The minimum absolute atomic E-state index is 0.0482. The zero-order valence-corrected chi connectivity index (χ0v) is 6.83. The van der Waals surface area contributed by atoms with Crippen LogP contribution >= 0.6 is 0 Å². The highest BCUT2D eigenvalue weighted by Crippen LogP contribution is 2.05. The molecule has 0 N–H and O–H groups in total. The maximum absolute atomic E-state index is 11.2. The molecular weight excluding hydrogens is 152 g/mol. The van der Waals surface area contributed by atoms with Gasteiger partial charge in [0.1, 0.15) is 0 Å². The van der Waals surface area contributed by atoms with Crippen molar-refractivity contribution >= 4 is 12.1 Å². The predicted molar refractivity (Wildman–Crippen MR) is 45.9 cm³/mol. The van der Waals surface area contributed by atoms with Gasteiger partial charge in [0.25, 0.3) is 0 Å². The molecule has 0 aliphatic rings. The first kappa shape index (κ1) is 8.65. The lowest BCUT2D eigenvalue weighted by molar-refractivity contribution is 0.0988. The van der Waals surface area contributed by atoms with Crippen molar-refractivity contribution in [3.63, 3.8) is 0 Å². The number of hydrogen-bond donors (Lipinski definition) is 0. The van der Waals surface area contributed by atoms with Crippen LogP contribution in [0.4, 0.5) is 0 Å². The molecule has 1 radical (unpaired) electrons. The summed E-state index contributed by atoms with van der Waals surface area (Å²) in [6.45, 7) is 1.79. The monoisotopic (exact) mass is 161 g/mol. The van der Waals surface area contributed by atoms with Gasteiger partial charge in [-0.3, -0.25) is 9.59 Å². The molecule has 12 heavy (non-hydrogen) atoms. The first-order valence-corrected chi connectivity index (χ1v) is 3.79. The predicted octanol–water partition coefficient (Wildman–Crippen LogP) is 1.74. The number of carbonyl (C=O) groups excluding carboxylic acids is 2. The molecule has 0 unspecified atom stereocenters. The summed E-state index contributed by atoms with van der Waals surface area (Å²) in [7, 11) is 0. The van der Waals surface area contributed by atoms with Crippen LogP contribution < -0.4 is 0 Å². The number of rotatable bonds is 3. The molecule has 0 spiro atoms. The van der Waals surface area contributed by atoms with E-state index in [2.05, 4.69) is 0 Å². The fraction of sp³-hybridized carbons (Fsp3) is 0.200. The van der Waals surface area contributed by atoms with E-state index in [1.165, 1.54) is 0 Å². The van der Waals surface area contributed by atoms with Gasteiger partial charge >= 0.3 is 0 Å². The van der Waals surface area contributed by atoms with E-state index in [-0.39, 0.29) is 5.78 Å². The third-order valence-corrected chi connectivity index (χ3v) is 1.62. The molecule has 1 aromatic carbocycles. The molecule has 0 heterocycles. The van der Waals surface area contributed by atoms with Crippen molar-refractivity contribution in [3.8, 4) is 0 Å². The molecule has 61 valence electrons. The minimum atomic E-state index is 0.0482. The quantitative estimate of drug-likeness (QED) is 0.633. The summed E-state index contributed by atoms with van der Waals surface area (Å²) in [4.78, 5) is 21.4. The molecule has 0 fully saturated rings. The molecule has 0 saturated carbocycles. The molecule has 1 rings (SSSR count). The molecule has 0 saturated heterocycles. The van der Waals surface area contributed by atoms with Crippen LogP contribution in [0.15, 0.2) is 24.3 Å². The lowest BCUT2D eigenvalue weighted by Crippen LogP contribution is -1.96. The van der Waals surface area contributed by atoms with Gasteiger partial charge in [0.05, 0.1) is 0 Å². The Morgan fingerprint density at radius 3 is 2.83 bits per heavy atom. The Morgan fingerprint density at radius 2 is 2.25 bits per heavy atom. The van der Waals surface area contributed by atoms with Gasteiger partial charge in [0.2, 0.25) is 6.29 Å². The second-order valence-electron chi connectivity index (χ2n) is 2.46. The third kappa shape index (κ3) is 1.78. The average molecular weight is 161 g/mol. The van der Waals surface area contributed by atoms with Crippen LogP contribution in [0.2, 0.25) is 0 Å². The summed E-state index contributed by atoms with van der Waals surface area (Å²) in [5, 5.41) is 0. The van der Waals surface area contributed by atoms with Crippen molar-refractivity contribution in [3.05, 3.63) is 35.4 Å². The van der Waals surface area contributed by atoms with Crippen molar-refractivity contribution < 1.29 is 9.59 Å². The van der Waals surface area contributed by atoms with Gasteiger partial charge in [0.15, 0.2) is 5.78 Å². The molecule has 0 amide bonds. The Balaban J connectivity index is 3.01. The molecule has 2 heteroatoms. The molecule has 0 aliphatic heterocycles. The van der Waals surface area contributed by atoms with E-state index in [1.807, 2.05) is 0 Å². The summed E-state index contributed by atoms with van der Waals surface area (Å²) in [5.41, 5.74) is 1.01. The van der Waals surface area contributed by atoms with Crippen LogP contribution in [0.25, 0.3) is 0 Å². The van der Waals surface area contributed by atoms with Gasteiger partial charge in [-0.25, -0.2) is 0 Å². The summed E-state index contributed by atoms with van der Waals surface area (Å²) < 4.78 is 0. The van der Waals surface area contributed by atoms with Crippen molar-refractivity contribution in [2.24, 2.45) is 0 Å². The number of Topliss-reactive ketones (excluding diaryl/α,β-unsaturated/α-hetero) is 1. The standard InChI is InChI=1S/C10H9O2/c1-2-10(12)9-5-3-4-8(6-9)7-11/h3-6H,2H2,1H3. The number of ketones is 1. The zero-order chi connectivity index (χ0) is 8.97. The van der Waals surface area contributed by atoms with E-state index in [4.69, 9.17) is 0 Å². The van der Waals surface area contributed by atoms with Crippen LogP contribution in [-0.4, -0.2) is 12.1 Å². The number of hydrogen-bond acceptors (Lipinski definition) is 2. The number of carbonyl (C=O) groups is 1. The molecular formula is C10H9O2. The maximum Gasteiger partial charge on any atom is 0.233 e. The van der Waals surface area contributed by atoms with Crippen LogP contribution in [0, 0.1) is 0 Å². The van der Waals surface area contributed by atoms with Crippen molar-refractivity contribution in [2.75, 3.05) is 0 Å².